The van der Waals surface area contributed by atoms with Gasteiger partial charge in [0.05, 0.1) is 0 Å². The number of fused-ring (bicyclic) bond motifs is 5. The van der Waals surface area contributed by atoms with Crippen molar-refractivity contribution in [2.75, 3.05) is 6.61 Å². The maximum absolute atomic E-state index is 13.0. The minimum absolute atomic E-state index is 0.0214. The van der Waals surface area contributed by atoms with Crippen molar-refractivity contribution in [2.24, 2.45) is 34.5 Å². The minimum Gasteiger partial charge on any atom is -0.458 e. The van der Waals surface area contributed by atoms with Crippen molar-refractivity contribution in [1.29, 1.82) is 0 Å². The molecule has 0 aromatic carbocycles. The Morgan fingerprint density at radius 3 is 2.52 bits per heavy atom. The zero-order chi connectivity index (χ0) is 22.6. The van der Waals surface area contributed by atoms with Crippen molar-refractivity contribution in [3.63, 3.8) is 0 Å². The molecule has 6 heteroatoms. The molecule has 4 aliphatic rings. The highest BCUT2D eigenvalue weighted by molar-refractivity contribution is 8.14. The molecule has 0 bridgehead atoms. The lowest BCUT2D eigenvalue weighted by Crippen LogP contribution is -2.55. The largest absolute Gasteiger partial charge is 0.458 e. The minimum atomic E-state index is -0.416. The van der Waals surface area contributed by atoms with E-state index in [0.717, 1.165) is 38.5 Å². The first-order chi connectivity index (χ1) is 14.6. The van der Waals surface area contributed by atoms with E-state index in [1.165, 1.54) is 24.3 Å². The molecule has 0 heterocycles. The van der Waals surface area contributed by atoms with Crippen molar-refractivity contribution in [1.82, 2.24) is 0 Å². The summed E-state index contributed by atoms with van der Waals surface area (Å²) in [5, 5.41) is 0.294. The van der Waals surface area contributed by atoms with Gasteiger partial charge in [-0.25, -0.2) is 0 Å². The molecule has 0 aliphatic heterocycles. The van der Waals surface area contributed by atoms with Crippen molar-refractivity contribution < 1.29 is 23.9 Å². The number of esters is 1. The quantitative estimate of drug-likeness (QED) is 0.591. The molecule has 0 spiro atoms. The highest BCUT2D eigenvalue weighted by Gasteiger charge is 2.62. The summed E-state index contributed by atoms with van der Waals surface area (Å²) >= 11 is 1.44. The number of hydrogen-bond acceptors (Lipinski definition) is 6. The number of ether oxygens (including phenoxy) is 1. The van der Waals surface area contributed by atoms with Crippen LogP contribution in [-0.2, 0) is 23.9 Å². The van der Waals surface area contributed by atoms with Gasteiger partial charge >= 0.3 is 5.97 Å². The zero-order valence-electron chi connectivity index (χ0n) is 19.1. The molecule has 0 radical (unpaired) electrons. The number of allylic oxidation sites excluding steroid dienone is 1. The molecule has 0 amide bonds. The van der Waals surface area contributed by atoms with Crippen molar-refractivity contribution >= 4 is 34.4 Å². The molecule has 0 N–H and O–H groups in total. The van der Waals surface area contributed by atoms with E-state index in [2.05, 4.69) is 13.8 Å². The van der Waals surface area contributed by atoms with Crippen LogP contribution in [0, 0.1) is 34.5 Å². The third kappa shape index (κ3) is 3.83. The summed E-state index contributed by atoms with van der Waals surface area (Å²) in [5.41, 5.74) is 1.15. The fourth-order valence-corrected chi connectivity index (χ4v) is 8.86. The zero-order valence-corrected chi connectivity index (χ0v) is 19.9. The summed E-state index contributed by atoms with van der Waals surface area (Å²) < 4.78 is 5.04. The standard InChI is InChI=1S/C25H34O5S/c1-14(26)30-13-21(29)18-5-6-19-23-20(8-10-25(18,19)4)24(3)9-7-17(28)11-16(24)12-22(23)31-15(2)27/h11,18-20,22-23H,5-10,12-13H2,1-4H3/t18-,19+,20+,22-,23+,24+,25-/m1/s1. The molecule has 170 valence electrons. The number of thioether (sulfide) groups is 1. The van der Waals surface area contributed by atoms with Crippen LogP contribution < -0.4 is 0 Å². The average Bonchev–Trinajstić information content (AvgIpc) is 3.04. The SMILES string of the molecule is CC(=O)OCC(=O)[C@H]1CC[C@H]2[C@@H]3[C@H](SC(C)=O)CC4=CC(=O)CC[C@]4(C)[C@H]3CC[C@]12C. The second-order valence-electron chi connectivity index (χ2n) is 10.6. The Hall–Kier alpha value is -1.43. The molecule has 3 saturated carbocycles. The third-order valence-corrected chi connectivity index (χ3v) is 10.2. The van der Waals surface area contributed by atoms with E-state index in [1.54, 1.807) is 6.92 Å². The number of carbonyl (C=O) groups is 4. The van der Waals surface area contributed by atoms with Gasteiger partial charge < -0.3 is 4.74 Å². The van der Waals surface area contributed by atoms with Crippen molar-refractivity contribution in [3.8, 4) is 0 Å². The first kappa shape index (κ1) is 22.8. The molecule has 4 aliphatic carbocycles. The lowest BCUT2D eigenvalue weighted by molar-refractivity contribution is -0.149. The second kappa shape index (κ2) is 8.17. The molecule has 4 rings (SSSR count). The van der Waals surface area contributed by atoms with E-state index in [-0.39, 0.29) is 45.3 Å². The maximum atomic E-state index is 13.0. The fourth-order valence-electron chi connectivity index (χ4n) is 7.64. The molecule has 7 atom stereocenters. The summed E-state index contributed by atoms with van der Waals surface area (Å²) in [4.78, 5) is 48.5. The molecule has 0 unspecified atom stereocenters. The summed E-state index contributed by atoms with van der Waals surface area (Å²) in [6.45, 7) is 7.43. The lowest BCUT2D eigenvalue weighted by Gasteiger charge is -2.60. The van der Waals surface area contributed by atoms with Gasteiger partial charge in [0.1, 0.15) is 6.61 Å². The van der Waals surface area contributed by atoms with Crippen LogP contribution in [-0.4, -0.2) is 34.5 Å². The van der Waals surface area contributed by atoms with Crippen LogP contribution in [0.15, 0.2) is 11.6 Å². The number of ketones is 2. The molecule has 0 aromatic heterocycles. The van der Waals surface area contributed by atoms with Gasteiger partial charge in [0.2, 0.25) is 0 Å². The Bertz CT molecular complexity index is 847. The van der Waals surface area contributed by atoms with E-state index >= 15 is 0 Å². The van der Waals surface area contributed by atoms with Crippen LogP contribution in [0.2, 0.25) is 0 Å². The van der Waals surface area contributed by atoms with Gasteiger partial charge in [-0.15, -0.1) is 0 Å². The van der Waals surface area contributed by atoms with Gasteiger partial charge in [0.15, 0.2) is 16.7 Å². The maximum Gasteiger partial charge on any atom is 0.303 e. The molecule has 31 heavy (non-hydrogen) atoms. The van der Waals surface area contributed by atoms with Gasteiger partial charge in [-0.05, 0) is 73.2 Å². The van der Waals surface area contributed by atoms with Gasteiger partial charge in [0.25, 0.3) is 0 Å². The van der Waals surface area contributed by atoms with Crippen LogP contribution in [0.4, 0.5) is 0 Å². The number of carbonyl (C=O) groups excluding carboxylic acids is 4. The van der Waals surface area contributed by atoms with E-state index < -0.39 is 5.97 Å². The summed E-state index contributed by atoms with van der Waals surface area (Å²) in [6, 6.07) is 0. The summed E-state index contributed by atoms with van der Waals surface area (Å²) in [5.74, 6) is 0.952. The Kier molecular flexibility index (Phi) is 5.99. The predicted octanol–water partition coefficient (Wildman–Crippen LogP) is 4.52. The monoisotopic (exact) mass is 446 g/mol. The molecule has 3 fully saturated rings. The van der Waals surface area contributed by atoms with Crippen molar-refractivity contribution in [2.45, 2.75) is 77.9 Å². The first-order valence-electron chi connectivity index (χ1n) is 11.6. The van der Waals surface area contributed by atoms with Gasteiger partial charge in [0, 0.05) is 31.4 Å². The van der Waals surface area contributed by atoms with E-state index in [4.69, 9.17) is 4.74 Å². The molecular formula is C25H34O5S. The molecular weight excluding hydrogens is 412 g/mol. The normalized spacial score (nSPS) is 41.5. The molecule has 0 saturated heterocycles. The summed E-state index contributed by atoms with van der Waals surface area (Å²) in [7, 11) is 0. The lowest BCUT2D eigenvalue weighted by atomic mass is 9.46. The fraction of sp³-hybridized carbons (Fsp3) is 0.760. The van der Waals surface area contributed by atoms with Gasteiger partial charge in [-0.3, -0.25) is 19.2 Å². The molecule has 5 nitrogen and oxygen atoms in total. The highest BCUT2D eigenvalue weighted by atomic mass is 32.2. The Labute approximate surface area is 189 Å². The number of hydrogen-bond donors (Lipinski definition) is 0. The highest BCUT2D eigenvalue weighted by Crippen LogP contribution is 2.68. The smallest absolute Gasteiger partial charge is 0.303 e. The van der Waals surface area contributed by atoms with E-state index in [0.29, 0.717) is 24.2 Å². The second-order valence-corrected chi connectivity index (χ2v) is 12.0. The third-order valence-electron chi connectivity index (χ3n) is 9.08. The first-order valence-corrected chi connectivity index (χ1v) is 12.5. The van der Waals surface area contributed by atoms with E-state index in [1.807, 2.05) is 6.08 Å². The predicted molar refractivity (Wildman–Crippen MR) is 119 cm³/mol. The van der Waals surface area contributed by atoms with Crippen LogP contribution >= 0.6 is 11.8 Å². The van der Waals surface area contributed by atoms with Crippen LogP contribution in [0.25, 0.3) is 0 Å². The van der Waals surface area contributed by atoms with Crippen LogP contribution in [0.3, 0.4) is 0 Å². The topological polar surface area (TPSA) is 77.5 Å². The van der Waals surface area contributed by atoms with Gasteiger partial charge in [-0.2, -0.15) is 0 Å². The Balaban J connectivity index is 1.66. The van der Waals surface area contributed by atoms with Crippen LogP contribution in [0.5, 0.6) is 0 Å². The van der Waals surface area contributed by atoms with Crippen LogP contribution in [0.1, 0.15) is 72.6 Å². The number of Topliss-reactive ketones (excluding diaryl/α,β-unsaturated/α-hetero) is 1. The Morgan fingerprint density at radius 1 is 1.10 bits per heavy atom. The van der Waals surface area contributed by atoms with Gasteiger partial charge in [-0.1, -0.05) is 31.2 Å². The Morgan fingerprint density at radius 2 is 1.84 bits per heavy atom. The van der Waals surface area contributed by atoms with Crippen molar-refractivity contribution in [3.05, 3.63) is 11.6 Å². The number of rotatable bonds is 4. The van der Waals surface area contributed by atoms with E-state index in [9.17, 15) is 19.2 Å². The average molecular weight is 447 g/mol. The summed E-state index contributed by atoms with van der Waals surface area (Å²) in [6.07, 6.45) is 7.99. The molecule has 0 aromatic rings.